The minimum atomic E-state index is -0.0678. The molecule has 0 bridgehead atoms. The summed E-state index contributed by atoms with van der Waals surface area (Å²) >= 11 is 0. The summed E-state index contributed by atoms with van der Waals surface area (Å²) in [5.41, 5.74) is 2.73. The number of aromatic amines is 1. The van der Waals surface area contributed by atoms with Crippen molar-refractivity contribution in [1.29, 1.82) is 0 Å². The van der Waals surface area contributed by atoms with Gasteiger partial charge < -0.3 is 9.72 Å². The highest BCUT2D eigenvalue weighted by molar-refractivity contribution is 5.80. The highest BCUT2D eigenvalue weighted by Crippen LogP contribution is 2.29. The van der Waals surface area contributed by atoms with Crippen molar-refractivity contribution in [3.8, 4) is 5.75 Å². The van der Waals surface area contributed by atoms with Crippen molar-refractivity contribution in [3.05, 3.63) is 81.9 Å². The summed E-state index contributed by atoms with van der Waals surface area (Å²) in [5, 5.41) is 13.6. The van der Waals surface area contributed by atoms with Gasteiger partial charge in [-0.1, -0.05) is 43.2 Å². The Bertz CT molecular complexity index is 1310. The Labute approximate surface area is 204 Å². The van der Waals surface area contributed by atoms with Gasteiger partial charge >= 0.3 is 0 Å². The molecule has 0 radical (unpaired) electrons. The molecule has 2 aromatic carbocycles. The number of hydrogen-bond acceptors (Lipinski definition) is 6. The van der Waals surface area contributed by atoms with Crippen LogP contribution in [0.2, 0.25) is 0 Å². The third-order valence-corrected chi connectivity index (χ3v) is 6.75. The van der Waals surface area contributed by atoms with Crippen LogP contribution in [0.4, 0.5) is 0 Å². The summed E-state index contributed by atoms with van der Waals surface area (Å²) in [6.07, 6.45) is 5.56. The second-order valence-electron chi connectivity index (χ2n) is 9.23. The Hall–Kier alpha value is -3.52. The van der Waals surface area contributed by atoms with Crippen molar-refractivity contribution in [2.45, 2.75) is 58.2 Å². The molecule has 35 heavy (non-hydrogen) atoms. The molecule has 0 saturated heterocycles. The van der Waals surface area contributed by atoms with Gasteiger partial charge in [-0.2, -0.15) is 0 Å². The number of ether oxygens (including phenoxy) is 1. The number of tetrazole rings is 1. The third kappa shape index (κ3) is 5.59. The SMILES string of the molecule is CCOc1ccc2[nH]c(=O)c(CN(CCc3ccccc3)Cc3nnnn3C3CCCC3)cc2c1. The number of H-pyrrole nitrogens is 1. The van der Waals surface area contributed by atoms with E-state index in [1.54, 1.807) is 0 Å². The molecule has 1 fully saturated rings. The van der Waals surface area contributed by atoms with Crippen molar-refractivity contribution < 1.29 is 4.74 Å². The van der Waals surface area contributed by atoms with Crippen LogP contribution in [-0.2, 0) is 19.5 Å². The molecule has 2 aromatic heterocycles. The normalized spacial score (nSPS) is 14.2. The molecule has 1 saturated carbocycles. The fourth-order valence-corrected chi connectivity index (χ4v) is 4.94. The first-order valence-electron chi connectivity index (χ1n) is 12.5. The molecule has 0 amide bonds. The Morgan fingerprint density at radius 3 is 2.71 bits per heavy atom. The van der Waals surface area contributed by atoms with E-state index in [0.717, 1.165) is 53.8 Å². The lowest BCUT2D eigenvalue weighted by molar-refractivity contribution is 0.243. The zero-order valence-electron chi connectivity index (χ0n) is 20.2. The molecule has 0 unspecified atom stereocenters. The van der Waals surface area contributed by atoms with Gasteiger partial charge in [-0.05, 0) is 66.4 Å². The van der Waals surface area contributed by atoms with Gasteiger partial charge in [0.2, 0.25) is 0 Å². The van der Waals surface area contributed by atoms with E-state index < -0.39 is 0 Å². The monoisotopic (exact) mass is 472 g/mol. The molecule has 5 rings (SSSR count). The molecule has 2 heterocycles. The number of rotatable bonds is 10. The Morgan fingerprint density at radius 2 is 1.91 bits per heavy atom. The quantitative estimate of drug-likeness (QED) is 0.371. The van der Waals surface area contributed by atoms with Crippen molar-refractivity contribution in [1.82, 2.24) is 30.1 Å². The Balaban J connectivity index is 1.41. The van der Waals surface area contributed by atoms with Crippen molar-refractivity contribution >= 4 is 10.9 Å². The average Bonchev–Trinajstić information content (AvgIpc) is 3.56. The van der Waals surface area contributed by atoms with Gasteiger partial charge in [0, 0.05) is 29.6 Å². The van der Waals surface area contributed by atoms with E-state index in [-0.39, 0.29) is 5.56 Å². The van der Waals surface area contributed by atoms with E-state index in [0.29, 0.717) is 25.7 Å². The van der Waals surface area contributed by atoms with E-state index in [1.165, 1.54) is 18.4 Å². The second-order valence-corrected chi connectivity index (χ2v) is 9.23. The van der Waals surface area contributed by atoms with Crippen LogP contribution in [0, 0.1) is 0 Å². The molecular formula is C27H32N6O2. The average molecular weight is 473 g/mol. The second kappa shape index (κ2) is 10.8. The van der Waals surface area contributed by atoms with Crippen LogP contribution < -0.4 is 10.3 Å². The van der Waals surface area contributed by atoms with E-state index in [9.17, 15) is 4.79 Å². The summed E-state index contributed by atoms with van der Waals surface area (Å²) in [5.74, 6) is 1.66. The molecular weight excluding hydrogens is 440 g/mol. The number of pyridine rings is 1. The lowest BCUT2D eigenvalue weighted by Gasteiger charge is -2.23. The first-order valence-corrected chi connectivity index (χ1v) is 12.5. The fourth-order valence-electron chi connectivity index (χ4n) is 4.94. The largest absolute Gasteiger partial charge is 0.494 e. The lowest BCUT2D eigenvalue weighted by Crippen LogP contribution is -2.30. The molecule has 1 aliphatic rings. The van der Waals surface area contributed by atoms with Crippen LogP contribution >= 0.6 is 0 Å². The smallest absolute Gasteiger partial charge is 0.252 e. The van der Waals surface area contributed by atoms with Crippen LogP contribution in [0.5, 0.6) is 5.75 Å². The Morgan fingerprint density at radius 1 is 1.09 bits per heavy atom. The maximum atomic E-state index is 13.0. The molecule has 1 N–H and O–H groups in total. The minimum Gasteiger partial charge on any atom is -0.494 e. The predicted octanol–water partition coefficient (Wildman–Crippen LogP) is 4.27. The van der Waals surface area contributed by atoms with Gasteiger partial charge in [0.05, 0.1) is 19.2 Å². The van der Waals surface area contributed by atoms with Gasteiger partial charge in [0.15, 0.2) is 5.82 Å². The molecule has 8 heteroatoms. The van der Waals surface area contributed by atoms with E-state index in [1.807, 2.05) is 41.9 Å². The molecule has 0 spiro atoms. The zero-order chi connectivity index (χ0) is 24.0. The highest BCUT2D eigenvalue weighted by Gasteiger charge is 2.23. The minimum absolute atomic E-state index is 0.0678. The maximum absolute atomic E-state index is 13.0. The van der Waals surface area contributed by atoms with Crippen molar-refractivity contribution in [2.24, 2.45) is 0 Å². The maximum Gasteiger partial charge on any atom is 0.252 e. The molecule has 4 aromatic rings. The molecule has 1 aliphatic carbocycles. The fraction of sp³-hybridized carbons (Fsp3) is 0.407. The number of nitrogens with one attached hydrogen (secondary N) is 1. The predicted molar refractivity (Wildman–Crippen MR) is 135 cm³/mol. The van der Waals surface area contributed by atoms with E-state index >= 15 is 0 Å². The number of aromatic nitrogens is 5. The molecule has 0 atom stereocenters. The van der Waals surface area contributed by atoms with Gasteiger partial charge in [0.1, 0.15) is 5.75 Å². The van der Waals surface area contributed by atoms with E-state index in [4.69, 9.17) is 4.74 Å². The van der Waals surface area contributed by atoms with Gasteiger partial charge in [-0.15, -0.1) is 5.10 Å². The number of hydrogen-bond donors (Lipinski definition) is 1. The lowest BCUT2D eigenvalue weighted by atomic mass is 10.1. The van der Waals surface area contributed by atoms with Crippen LogP contribution in [0.3, 0.4) is 0 Å². The van der Waals surface area contributed by atoms with Gasteiger partial charge in [0.25, 0.3) is 5.56 Å². The highest BCUT2D eigenvalue weighted by atomic mass is 16.5. The molecule has 182 valence electrons. The number of nitrogens with zero attached hydrogens (tertiary/aromatic N) is 5. The number of benzene rings is 2. The van der Waals surface area contributed by atoms with Gasteiger partial charge in [-0.3, -0.25) is 9.69 Å². The van der Waals surface area contributed by atoms with Crippen LogP contribution in [0.25, 0.3) is 10.9 Å². The van der Waals surface area contributed by atoms with Crippen LogP contribution in [-0.4, -0.2) is 43.2 Å². The van der Waals surface area contributed by atoms with Crippen LogP contribution in [0.1, 0.15) is 55.6 Å². The van der Waals surface area contributed by atoms with E-state index in [2.05, 4.69) is 49.7 Å². The summed E-state index contributed by atoms with van der Waals surface area (Å²) in [4.78, 5) is 18.3. The van der Waals surface area contributed by atoms with Crippen molar-refractivity contribution in [2.75, 3.05) is 13.2 Å². The first kappa shape index (κ1) is 23.2. The van der Waals surface area contributed by atoms with Gasteiger partial charge in [-0.25, -0.2) is 4.68 Å². The first-order chi connectivity index (χ1) is 17.2. The number of fused-ring (bicyclic) bond motifs is 1. The topological polar surface area (TPSA) is 88.9 Å². The summed E-state index contributed by atoms with van der Waals surface area (Å²) in [6.45, 7) is 4.45. The zero-order valence-corrected chi connectivity index (χ0v) is 20.2. The molecule has 0 aliphatic heterocycles. The summed E-state index contributed by atoms with van der Waals surface area (Å²) < 4.78 is 7.66. The van der Waals surface area contributed by atoms with Crippen LogP contribution in [0.15, 0.2) is 59.4 Å². The Kier molecular flexibility index (Phi) is 7.18. The summed E-state index contributed by atoms with van der Waals surface area (Å²) in [7, 11) is 0. The summed E-state index contributed by atoms with van der Waals surface area (Å²) in [6, 6.07) is 18.5. The third-order valence-electron chi connectivity index (χ3n) is 6.75. The molecule has 8 nitrogen and oxygen atoms in total. The van der Waals surface area contributed by atoms with Crippen molar-refractivity contribution in [3.63, 3.8) is 0 Å². The standard InChI is InChI=1S/C27H32N6O2/c1-2-35-24-12-13-25-21(17-24)16-22(27(34)28-25)18-32(15-14-20-8-4-3-5-9-20)19-26-29-30-31-33(26)23-10-6-7-11-23/h3-5,8-9,12-13,16-17,23H,2,6-7,10-11,14-15,18-19H2,1H3,(H,28,34).